The molecule has 1 saturated heterocycles. The van der Waals surface area contributed by atoms with Crippen molar-refractivity contribution >= 4 is 11.6 Å². The lowest BCUT2D eigenvalue weighted by molar-refractivity contribution is -0.170. The van der Waals surface area contributed by atoms with E-state index in [4.69, 9.17) is 16.4 Å². The van der Waals surface area contributed by atoms with Gasteiger partial charge >= 0.3 is 0 Å². The largest absolute Gasteiger partial charge is 0.295 e. The molecule has 0 amide bonds. The Morgan fingerprint density at radius 3 is 2.59 bits per heavy atom. The Morgan fingerprint density at radius 1 is 1.35 bits per heavy atom. The van der Waals surface area contributed by atoms with E-state index in [1.54, 1.807) is 0 Å². The lowest BCUT2D eigenvalue weighted by Crippen LogP contribution is -2.51. The zero-order valence-corrected chi connectivity index (χ0v) is 11.4. The van der Waals surface area contributed by atoms with Crippen molar-refractivity contribution in [2.75, 3.05) is 0 Å². The van der Waals surface area contributed by atoms with Crippen LogP contribution in [-0.4, -0.2) is 11.6 Å². The summed E-state index contributed by atoms with van der Waals surface area (Å²) in [6.45, 7) is 6.58. The molecular formula is C14H20ClNO. The van der Waals surface area contributed by atoms with Crippen molar-refractivity contribution in [2.24, 2.45) is 5.92 Å². The van der Waals surface area contributed by atoms with Crippen LogP contribution in [0.25, 0.3) is 0 Å². The summed E-state index contributed by atoms with van der Waals surface area (Å²) in [5, 5.41) is 0.781. The van der Waals surface area contributed by atoms with Crippen LogP contribution in [0.4, 0.5) is 0 Å². The highest BCUT2D eigenvalue weighted by Crippen LogP contribution is 2.32. The van der Waals surface area contributed by atoms with Crippen LogP contribution >= 0.6 is 11.6 Å². The summed E-state index contributed by atoms with van der Waals surface area (Å²) < 4.78 is 0. The second-order valence-corrected chi connectivity index (χ2v) is 5.81. The van der Waals surface area contributed by atoms with Crippen LogP contribution < -0.4 is 5.48 Å². The predicted molar refractivity (Wildman–Crippen MR) is 71.0 cm³/mol. The van der Waals surface area contributed by atoms with E-state index in [0.29, 0.717) is 12.0 Å². The fourth-order valence-electron chi connectivity index (χ4n) is 2.38. The molecule has 3 atom stereocenters. The summed E-state index contributed by atoms with van der Waals surface area (Å²) in [6, 6.07) is 8.44. The van der Waals surface area contributed by atoms with Crippen molar-refractivity contribution in [3.05, 3.63) is 34.9 Å². The van der Waals surface area contributed by atoms with Gasteiger partial charge in [-0.1, -0.05) is 30.7 Å². The number of nitrogens with one attached hydrogen (secondary N) is 1. The van der Waals surface area contributed by atoms with Crippen LogP contribution in [0.2, 0.25) is 5.02 Å². The molecule has 1 N–H and O–H groups in total. The van der Waals surface area contributed by atoms with Gasteiger partial charge in [-0.2, -0.15) is 5.48 Å². The SMILES string of the molecule is CC1CC(C)C(C)(Cc2ccc(Cl)cc2)ON1. The van der Waals surface area contributed by atoms with E-state index < -0.39 is 0 Å². The first-order chi connectivity index (χ1) is 7.99. The third kappa shape index (κ3) is 3.01. The lowest BCUT2D eigenvalue weighted by Gasteiger charge is -2.42. The van der Waals surface area contributed by atoms with Crippen molar-refractivity contribution in [1.82, 2.24) is 5.48 Å². The highest BCUT2D eigenvalue weighted by molar-refractivity contribution is 6.30. The van der Waals surface area contributed by atoms with E-state index in [1.165, 1.54) is 5.56 Å². The maximum atomic E-state index is 5.89. The third-order valence-electron chi connectivity index (χ3n) is 3.71. The highest BCUT2D eigenvalue weighted by Gasteiger charge is 2.37. The van der Waals surface area contributed by atoms with Crippen molar-refractivity contribution in [3.8, 4) is 0 Å². The number of hydrogen-bond donors (Lipinski definition) is 1. The highest BCUT2D eigenvalue weighted by atomic mass is 35.5. The molecule has 0 bridgehead atoms. The maximum Gasteiger partial charge on any atom is 0.0934 e. The quantitative estimate of drug-likeness (QED) is 0.870. The van der Waals surface area contributed by atoms with Crippen LogP contribution in [0.15, 0.2) is 24.3 Å². The fourth-order valence-corrected chi connectivity index (χ4v) is 2.51. The lowest BCUT2D eigenvalue weighted by atomic mass is 9.80. The first kappa shape index (κ1) is 12.9. The summed E-state index contributed by atoms with van der Waals surface area (Å²) >= 11 is 5.89. The van der Waals surface area contributed by atoms with Crippen LogP contribution in [0.5, 0.6) is 0 Å². The van der Waals surface area contributed by atoms with Gasteiger partial charge in [-0.3, -0.25) is 4.84 Å². The molecule has 0 radical (unpaired) electrons. The molecule has 1 aliphatic heterocycles. The minimum Gasteiger partial charge on any atom is -0.295 e. The van der Waals surface area contributed by atoms with E-state index in [-0.39, 0.29) is 5.60 Å². The van der Waals surface area contributed by atoms with E-state index in [9.17, 15) is 0 Å². The molecule has 0 aromatic heterocycles. The Hall–Kier alpha value is -0.570. The third-order valence-corrected chi connectivity index (χ3v) is 3.96. The van der Waals surface area contributed by atoms with Crippen LogP contribution in [0.1, 0.15) is 32.8 Å². The second-order valence-electron chi connectivity index (χ2n) is 5.37. The second kappa shape index (κ2) is 4.97. The average molecular weight is 254 g/mol. The van der Waals surface area contributed by atoms with Gasteiger partial charge in [-0.15, -0.1) is 0 Å². The molecule has 3 unspecified atom stereocenters. The van der Waals surface area contributed by atoms with Crippen molar-refractivity contribution in [2.45, 2.75) is 45.3 Å². The Morgan fingerprint density at radius 2 is 2.00 bits per heavy atom. The molecule has 1 heterocycles. The molecule has 0 aliphatic carbocycles. The predicted octanol–water partition coefficient (Wildman–Crippen LogP) is 3.59. The van der Waals surface area contributed by atoms with Gasteiger partial charge in [0.2, 0.25) is 0 Å². The summed E-state index contributed by atoms with van der Waals surface area (Å²) in [4.78, 5) is 5.84. The molecule has 2 rings (SSSR count). The van der Waals surface area contributed by atoms with Gasteiger partial charge in [0, 0.05) is 17.5 Å². The number of benzene rings is 1. The van der Waals surface area contributed by atoms with Gasteiger partial charge in [0.05, 0.1) is 5.60 Å². The number of halogens is 1. The molecule has 17 heavy (non-hydrogen) atoms. The van der Waals surface area contributed by atoms with Gasteiger partial charge in [0.15, 0.2) is 0 Å². The molecule has 1 fully saturated rings. The normalized spacial score (nSPS) is 33.6. The van der Waals surface area contributed by atoms with Crippen molar-refractivity contribution in [3.63, 3.8) is 0 Å². The molecular weight excluding hydrogens is 234 g/mol. The molecule has 0 spiro atoms. The first-order valence-corrected chi connectivity index (χ1v) is 6.55. The standard InChI is InChI=1S/C14H20ClNO/c1-10-8-11(2)16-17-14(10,3)9-12-4-6-13(15)7-5-12/h4-7,10-11,16H,8-9H2,1-3H3. The summed E-state index contributed by atoms with van der Waals surface area (Å²) in [7, 11) is 0. The molecule has 2 nitrogen and oxygen atoms in total. The Kier molecular flexibility index (Phi) is 3.76. The average Bonchev–Trinajstić information content (AvgIpc) is 2.28. The molecule has 94 valence electrons. The Labute approximate surface area is 108 Å². The van der Waals surface area contributed by atoms with E-state index in [0.717, 1.165) is 17.9 Å². The minimum absolute atomic E-state index is 0.139. The minimum atomic E-state index is -0.139. The Balaban J connectivity index is 2.09. The zero-order valence-electron chi connectivity index (χ0n) is 10.7. The van der Waals surface area contributed by atoms with Crippen molar-refractivity contribution < 1.29 is 4.84 Å². The van der Waals surface area contributed by atoms with Crippen LogP contribution in [0, 0.1) is 5.92 Å². The van der Waals surface area contributed by atoms with Gasteiger partial charge in [-0.05, 0) is 43.9 Å². The fraction of sp³-hybridized carbons (Fsp3) is 0.571. The van der Waals surface area contributed by atoms with Gasteiger partial charge < -0.3 is 0 Å². The zero-order chi connectivity index (χ0) is 12.5. The molecule has 1 aromatic carbocycles. The molecule has 0 saturated carbocycles. The van der Waals surface area contributed by atoms with Gasteiger partial charge in [0.25, 0.3) is 0 Å². The number of hydroxylamine groups is 1. The van der Waals surface area contributed by atoms with E-state index in [2.05, 4.69) is 38.4 Å². The summed E-state index contributed by atoms with van der Waals surface area (Å²) in [5.74, 6) is 0.537. The maximum absolute atomic E-state index is 5.89. The Bertz CT molecular complexity index is 378. The number of hydrogen-bond acceptors (Lipinski definition) is 2. The van der Waals surface area contributed by atoms with E-state index >= 15 is 0 Å². The molecule has 1 aliphatic rings. The van der Waals surface area contributed by atoms with Gasteiger partial charge in [-0.25, -0.2) is 0 Å². The molecule has 3 heteroatoms. The topological polar surface area (TPSA) is 21.3 Å². The van der Waals surface area contributed by atoms with Crippen LogP contribution in [0.3, 0.4) is 0 Å². The van der Waals surface area contributed by atoms with Crippen LogP contribution in [-0.2, 0) is 11.3 Å². The monoisotopic (exact) mass is 253 g/mol. The van der Waals surface area contributed by atoms with Crippen molar-refractivity contribution in [1.29, 1.82) is 0 Å². The summed E-state index contributed by atoms with van der Waals surface area (Å²) in [6.07, 6.45) is 2.05. The first-order valence-electron chi connectivity index (χ1n) is 6.17. The smallest absolute Gasteiger partial charge is 0.0934 e. The summed E-state index contributed by atoms with van der Waals surface area (Å²) in [5.41, 5.74) is 4.23. The molecule has 1 aromatic rings. The number of rotatable bonds is 2. The van der Waals surface area contributed by atoms with Gasteiger partial charge in [0.1, 0.15) is 0 Å². The van der Waals surface area contributed by atoms with E-state index in [1.807, 2.05) is 12.1 Å².